The second kappa shape index (κ2) is 9.89. The van der Waals surface area contributed by atoms with E-state index in [-0.39, 0.29) is 16.7 Å². The van der Waals surface area contributed by atoms with Crippen molar-refractivity contribution < 1.29 is 24.2 Å². The molecule has 2 aromatic rings. The number of likely N-dealkylation sites (N-methyl/N-ethyl adjacent to an activating group) is 1. The molecule has 1 N–H and O–H groups in total. The second-order valence-electron chi connectivity index (χ2n) is 9.74. The van der Waals surface area contributed by atoms with Gasteiger partial charge >= 0.3 is 0 Å². The molecule has 1 unspecified atom stereocenters. The average Bonchev–Trinajstić information content (AvgIpc) is 3.06. The normalized spacial score (nSPS) is 18.0. The topological polar surface area (TPSA) is 79.3 Å². The molecule has 1 aliphatic rings. The van der Waals surface area contributed by atoms with Gasteiger partial charge < -0.3 is 24.4 Å². The number of amides is 1. The van der Waals surface area contributed by atoms with Gasteiger partial charge in [0, 0.05) is 13.1 Å². The number of nitrogens with zero attached hydrogens (tertiary/aromatic N) is 2. The summed E-state index contributed by atoms with van der Waals surface area (Å²) in [4.78, 5) is 29.9. The summed E-state index contributed by atoms with van der Waals surface area (Å²) < 4.78 is 10.9. The molecule has 1 saturated heterocycles. The maximum Gasteiger partial charge on any atom is 0.295 e. The fourth-order valence-electron chi connectivity index (χ4n) is 4.08. The maximum absolute atomic E-state index is 13.3. The largest absolute Gasteiger partial charge is 0.507 e. The first-order chi connectivity index (χ1) is 16.0. The molecule has 7 heteroatoms. The van der Waals surface area contributed by atoms with Crippen molar-refractivity contribution in [2.24, 2.45) is 0 Å². The molecular weight excluding hydrogens is 432 g/mol. The molecule has 1 heterocycles. The van der Waals surface area contributed by atoms with Gasteiger partial charge in [-0.15, -0.1) is 0 Å². The Morgan fingerprint density at radius 3 is 2.35 bits per heavy atom. The predicted molar refractivity (Wildman–Crippen MR) is 132 cm³/mol. The quantitative estimate of drug-likeness (QED) is 0.378. The van der Waals surface area contributed by atoms with E-state index in [1.807, 2.05) is 37.2 Å². The fourth-order valence-corrected chi connectivity index (χ4v) is 4.08. The number of hydrogen-bond donors (Lipinski definition) is 1. The monoisotopic (exact) mass is 466 g/mol. The molecule has 0 saturated carbocycles. The van der Waals surface area contributed by atoms with Gasteiger partial charge in [-0.05, 0) is 54.9 Å². The molecular formula is C27H34N2O5. The van der Waals surface area contributed by atoms with Gasteiger partial charge in [0.2, 0.25) is 0 Å². The number of aliphatic hydroxyl groups excluding tert-OH is 1. The maximum atomic E-state index is 13.3. The van der Waals surface area contributed by atoms with E-state index in [9.17, 15) is 14.7 Å². The first kappa shape index (κ1) is 25.3. The van der Waals surface area contributed by atoms with Gasteiger partial charge in [-0.25, -0.2) is 0 Å². The summed E-state index contributed by atoms with van der Waals surface area (Å²) in [5.74, 6) is -0.576. The molecule has 1 fully saturated rings. The number of carbonyl (C=O) groups excluding carboxylic acids is 2. The highest BCUT2D eigenvalue weighted by molar-refractivity contribution is 6.46. The zero-order valence-electron chi connectivity index (χ0n) is 21.0. The predicted octanol–water partition coefficient (Wildman–Crippen LogP) is 3.98. The lowest BCUT2D eigenvalue weighted by molar-refractivity contribution is -0.140. The highest BCUT2D eigenvalue weighted by atomic mass is 16.5. The van der Waals surface area contributed by atoms with Crippen LogP contribution in [0, 0.1) is 0 Å². The van der Waals surface area contributed by atoms with Crippen LogP contribution in [-0.2, 0) is 15.0 Å². The number of ether oxygens (including phenoxy) is 2. The van der Waals surface area contributed by atoms with E-state index in [0.29, 0.717) is 35.7 Å². The summed E-state index contributed by atoms with van der Waals surface area (Å²) in [6.45, 7) is 7.09. The number of carbonyl (C=O) groups is 2. The molecule has 1 atom stereocenters. The van der Waals surface area contributed by atoms with Crippen LogP contribution in [0.2, 0.25) is 0 Å². The van der Waals surface area contributed by atoms with Crippen LogP contribution in [0.1, 0.15) is 43.5 Å². The Morgan fingerprint density at radius 1 is 1.06 bits per heavy atom. The molecule has 1 amide bonds. The van der Waals surface area contributed by atoms with Crippen molar-refractivity contribution in [2.45, 2.75) is 32.2 Å². The van der Waals surface area contributed by atoms with Crippen molar-refractivity contribution in [3.05, 3.63) is 64.7 Å². The van der Waals surface area contributed by atoms with Crippen molar-refractivity contribution in [1.82, 2.24) is 9.80 Å². The van der Waals surface area contributed by atoms with Gasteiger partial charge in [-0.1, -0.05) is 39.0 Å². The molecule has 7 nitrogen and oxygen atoms in total. The fraction of sp³-hybridized carbons (Fsp3) is 0.407. The minimum atomic E-state index is -0.752. The van der Waals surface area contributed by atoms with E-state index >= 15 is 0 Å². The lowest BCUT2D eigenvalue weighted by Gasteiger charge is -2.27. The summed E-state index contributed by atoms with van der Waals surface area (Å²) in [7, 11) is 6.88. The number of ketones is 1. The molecule has 0 spiro atoms. The smallest absolute Gasteiger partial charge is 0.295 e. The van der Waals surface area contributed by atoms with Crippen LogP contribution in [0.15, 0.2) is 48.0 Å². The lowest BCUT2D eigenvalue weighted by Crippen LogP contribution is -2.35. The van der Waals surface area contributed by atoms with E-state index < -0.39 is 17.7 Å². The number of hydrogen-bond acceptors (Lipinski definition) is 6. The summed E-state index contributed by atoms with van der Waals surface area (Å²) >= 11 is 0. The van der Waals surface area contributed by atoms with Crippen LogP contribution in [0.4, 0.5) is 0 Å². The number of likely N-dealkylation sites (tertiary alicyclic amines) is 1. The summed E-state index contributed by atoms with van der Waals surface area (Å²) in [6.07, 6.45) is 0. The Hall–Kier alpha value is -3.32. The van der Waals surface area contributed by atoms with Gasteiger partial charge in [0.1, 0.15) is 17.3 Å². The van der Waals surface area contributed by atoms with E-state index in [1.54, 1.807) is 31.4 Å². The Kier molecular flexibility index (Phi) is 7.36. The number of rotatable bonds is 7. The zero-order chi connectivity index (χ0) is 25.2. The minimum Gasteiger partial charge on any atom is -0.507 e. The SMILES string of the molecule is COc1cccc(C2/C(=C(\O)c3cc(C(C)(C)C)ccc3OC)C(=O)C(=O)N2CCN(C)C)c1. The lowest BCUT2D eigenvalue weighted by atomic mass is 9.85. The number of methoxy groups -OCH3 is 2. The first-order valence-corrected chi connectivity index (χ1v) is 11.3. The Balaban J connectivity index is 2.26. The third-order valence-corrected chi connectivity index (χ3v) is 6.06. The standard InChI is InChI=1S/C27H34N2O5/c1-27(2,3)18-11-12-21(34-7)20(16-18)24(30)22-23(17-9-8-10-19(15-17)33-6)29(14-13-28(4)5)26(32)25(22)31/h8-12,15-16,23,30H,13-14H2,1-7H3/b24-22+. The zero-order valence-corrected chi connectivity index (χ0v) is 21.0. The molecule has 0 aromatic heterocycles. The van der Waals surface area contributed by atoms with Gasteiger partial charge in [-0.3, -0.25) is 9.59 Å². The number of aliphatic hydroxyl groups is 1. The highest BCUT2D eigenvalue weighted by Gasteiger charge is 2.46. The Labute approximate surface area is 201 Å². The molecule has 0 bridgehead atoms. The third-order valence-electron chi connectivity index (χ3n) is 6.06. The Bertz CT molecular complexity index is 1110. The van der Waals surface area contributed by atoms with Crippen LogP contribution >= 0.6 is 0 Å². The summed E-state index contributed by atoms with van der Waals surface area (Å²) in [5.41, 5.74) is 1.89. The molecule has 3 rings (SSSR count). The molecule has 0 radical (unpaired) electrons. The molecule has 2 aromatic carbocycles. The van der Waals surface area contributed by atoms with E-state index in [0.717, 1.165) is 5.56 Å². The minimum absolute atomic E-state index is 0.0429. The molecule has 0 aliphatic carbocycles. The van der Waals surface area contributed by atoms with Gasteiger partial charge in [0.15, 0.2) is 0 Å². The van der Waals surface area contributed by atoms with Crippen molar-refractivity contribution in [3.63, 3.8) is 0 Å². The van der Waals surface area contributed by atoms with E-state index in [4.69, 9.17) is 9.47 Å². The third kappa shape index (κ3) is 4.94. The number of Topliss-reactive ketones (excluding diaryl/α,β-unsaturated/α-hetero) is 1. The Morgan fingerprint density at radius 2 is 1.76 bits per heavy atom. The van der Waals surface area contributed by atoms with Crippen molar-refractivity contribution in [3.8, 4) is 11.5 Å². The van der Waals surface area contributed by atoms with Crippen LogP contribution < -0.4 is 9.47 Å². The van der Waals surface area contributed by atoms with Crippen molar-refractivity contribution >= 4 is 17.4 Å². The van der Waals surface area contributed by atoms with E-state index in [1.165, 1.54) is 12.0 Å². The number of benzene rings is 2. The second-order valence-corrected chi connectivity index (χ2v) is 9.74. The highest BCUT2D eigenvalue weighted by Crippen LogP contribution is 2.42. The van der Waals surface area contributed by atoms with Crippen LogP contribution in [-0.4, -0.2) is 68.0 Å². The van der Waals surface area contributed by atoms with Crippen LogP contribution in [0.25, 0.3) is 5.76 Å². The molecule has 1 aliphatic heterocycles. The van der Waals surface area contributed by atoms with Crippen LogP contribution in [0.3, 0.4) is 0 Å². The van der Waals surface area contributed by atoms with E-state index in [2.05, 4.69) is 20.8 Å². The van der Waals surface area contributed by atoms with Crippen molar-refractivity contribution in [1.29, 1.82) is 0 Å². The average molecular weight is 467 g/mol. The van der Waals surface area contributed by atoms with Crippen molar-refractivity contribution in [2.75, 3.05) is 41.4 Å². The summed E-state index contributed by atoms with van der Waals surface area (Å²) in [6, 6.07) is 12.0. The van der Waals surface area contributed by atoms with Crippen LogP contribution in [0.5, 0.6) is 11.5 Å². The molecule has 34 heavy (non-hydrogen) atoms. The summed E-state index contributed by atoms with van der Waals surface area (Å²) in [5, 5.41) is 11.5. The molecule has 182 valence electrons. The van der Waals surface area contributed by atoms with Gasteiger partial charge in [0.05, 0.1) is 31.4 Å². The van der Waals surface area contributed by atoms with Gasteiger partial charge in [-0.2, -0.15) is 0 Å². The van der Waals surface area contributed by atoms with Gasteiger partial charge in [0.25, 0.3) is 11.7 Å². The first-order valence-electron chi connectivity index (χ1n) is 11.3.